The molecule has 0 radical (unpaired) electrons. The van der Waals surface area contributed by atoms with Crippen molar-refractivity contribution in [2.45, 2.75) is 26.0 Å². The number of carbonyl (C=O) groups is 1. The lowest BCUT2D eigenvalue weighted by Gasteiger charge is -2.19. The molecule has 5 N–H and O–H groups in total. The summed E-state index contributed by atoms with van der Waals surface area (Å²) in [4.78, 5) is 15.9. The normalized spacial score (nSPS) is 11.8. The van der Waals surface area contributed by atoms with Crippen molar-refractivity contribution in [2.24, 2.45) is 5.73 Å². The van der Waals surface area contributed by atoms with Gasteiger partial charge in [-0.2, -0.15) is 0 Å². The van der Waals surface area contributed by atoms with Gasteiger partial charge >= 0.3 is 0 Å². The highest BCUT2D eigenvalue weighted by Crippen LogP contribution is 2.37. The molecule has 1 aromatic heterocycles. The predicted octanol–water partition coefficient (Wildman–Crippen LogP) is 4.88. The molecule has 0 aliphatic heterocycles. The minimum atomic E-state index is -0.672. The monoisotopic (exact) mass is 476 g/mol. The first kappa shape index (κ1) is 23.8. The summed E-state index contributed by atoms with van der Waals surface area (Å²) in [5.74, 6) is -0.203. The van der Waals surface area contributed by atoms with Crippen molar-refractivity contribution in [3.05, 3.63) is 75.7 Å². The van der Waals surface area contributed by atoms with Crippen LogP contribution in [0, 0.1) is 5.82 Å². The molecule has 0 saturated heterocycles. The summed E-state index contributed by atoms with van der Waals surface area (Å²) in [6.07, 6.45) is 1.23. The van der Waals surface area contributed by atoms with E-state index in [1.807, 2.05) is 24.3 Å². The molecule has 3 rings (SSSR count). The number of nitrogens with one attached hydrogen (secondary N) is 1. The predicted molar refractivity (Wildman–Crippen MR) is 125 cm³/mol. The first-order chi connectivity index (χ1) is 15.3. The fourth-order valence-electron chi connectivity index (χ4n) is 3.15. The van der Waals surface area contributed by atoms with Crippen molar-refractivity contribution >= 4 is 34.9 Å². The Balaban J connectivity index is 1.83. The Bertz CT molecular complexity index is 1130. The van der Waals surface area contributed by atoms with Gasteiger partial charge in [0.15, 0.2) is 11.6 Å². The van der Waals surface area contributed by atoms with Gasteiger partial charge in [-0.15, -0.1) is 0 Å². The molecule has 1 amide bonds. The zero-order valence-corrected chi connectivity index (χ0v) is 18.9. The van der Waals surface area contributed by atoms with Crippen molar-refractivity contribution in [1.29, 1.82) is 0 Å². The van der Waals surface area contributed by atoms with Gasteiger partial charge in [0.2, 0.25) is 5.91 Å². The third kappa shape index (κ3) is 5.68. The minimum absolute atomic E-state index is 0.0999. The van der Waals surface area contributed by atoms with Crippen LogP contribution in [-0.4, -0.2) is 17.4 Å². The summed E-state index contributed by atoms with van der Waals surface area (Å²) in [6.45, 7) is 2.38. The molecule has 0 spiro atoms. The molecule has 0 aliphatic carbocycles. The highest BCUT2D eigenvalue weighted by atomic mass is 35.5. The van der Waals surface area contributed by atoms with Crippen LogP contribution in [0.25, 0.3) is 11.1 Å². The summed E-state index contributed by atoms with van der Waals surface area (Å²) >= 11 is 12.3. The van der Waals surface area contributed by atoms with E-state index in [4.69, 9.17) is 39.4 Å². The maximum atomic E-state index is 13.9. The van der Waals surface area contributed by atoms with Gasteiger partial charge in [0.1, 0.15) is 11.9 Å². The molecule has 1 atom stereocenters. The largest absolute Gasteiger partial charge is 0.482 e. The first-order valence-electron chi connectivity index (χ1n) is 9.91. The number of amides is 1. The van der Waals surface area contributed by atoms with Crippen LogP contribution in [0.5, 0.6) is 5.75 Å². The van der Waals surface area contributed by atoms with Gasteiger partial charge in [0.05, 0.1) is 5.02 Å². The molecule has 168 valence electrons. The highest BCUT2D eigenvalue weighted by Gasteiger charge is 2.20. The SMILES string of the molecule is CC(Oc1cc(-c2cccc(CNC(=O)CCN)c2)cnc1N)c1c(Cl)ccc(F)c1Cl. The van der Waals surface area contributed by atoms with Crippen LogP contribution in [0.1, 0.15) is 30.6 Å². The zero-order chi connectivity index (χ0) is 23.3. The third-order valence-corrected chi connectivity index (χ3v) is 5.51. The number of nitrogens with zero attached hydrogens (tertiary/aromatic N) is 1. The second kappa shape index (κ2) is 10.6. The fraction of sp³-hybridized carbons (Fsp3) is 0.217. The number of nitrogen functional groups attached to an aromatic ring is 1. The molecule has 1 unspecified atom stereocenters. The molecular formula is C23H23Cl2FN4O2. The van der Waals surface area contributed by atoms with Crippen molar-refractivity contribution < 1.29 is 13.9 Å². The topological polar surface area (TPSA) is 103 Å². The summed E-state index contributed by atoms with van der Waals surface area (Å²) in [5.41, 5.74) is 14.3. The van der Waals surface area contributed by atoms with Gasteiger partial charge in [-0.05, 0) is 42.3 Å². The number of hydrogen-bond acceptors (Lipinski definition) is 5. The van der Waals surface area contributed by atoms with E-state index in [1.165, 1.54) is 12.1 Å². The Morgan fingerprint density at radius 3 is 2.75 bits per heavy atom. The lowest BCUT2D eigenvalue weighted by Crippen LogP contribution is -2.24. The molecule has 0 saturated carbocycles. The number of carbonyl (C=O) groups excluding carboxylic acids is 1. The van der Waals surface area contributed by atoms with Crippen LogP contribution < -0.4 is 21.5 Å². The number of rotatable bonds is 8. The van der Waals surface area contributed by atoms with Crippen molar-refractivity contribution in [2.75, 3.05) is 12.3 Å². The van der Waals surface area contributed by atoms with Crippen LogP contribution in [0.2, 0.25) is 10.0 Å². The number of anilines is 1. The number of pyridine rings is 1. The lowest BCUT2D eigenvalue weighted by molar-refractivity contribution is -0.121. The second-order valence-corrected chi connectivity index (χ2v) is 7.93. The number of nitrogens with two attached hydrogens (primary N) is 2. The molecule has 0 aliphatic rings. The zero-order valence-electron chi connectivity index (χ0n) is 17.4. The van der Waals surface area contributed by atoms with Gasteiger partial charge in [0, 0.05) is 41.9 Å². The van der Waals surface area contributed by atoms with Gasteiger partial charge in [-0.3, -0.25) is 4.79 Å². The second-order valence-electron chi connectivity index (χ2n) is 7.14. The van der Waals surface area contributed by atoms with E-state index < -0.39 is 11.9 Å². The average molecular weight is 477 g/mol. The summed E-state index contributed by atoms with van der Waals surface area (Å²) in [6, 6.07) is 12.0. The Hall–Kier alpha value is -2.87. The quantitative estimate of drug-likeness (QED) is 0.401. The maximum Gasteiger partial charge on any atom is 0.221 e. The van der Waals surface area contributed by atoms with E-state index in [9.17, 15) is 9.18 Å². The molecule has 6 nitrogen and oxygen atoms in total. The van der Waals surface area contributed by atoms with Crippen LogP contribution in [-0.2, 0) is 11.3 Å². The van der Waals surface area contributed by atoms with Gasteiger partial charge in [-0.1, -0.05) is 41.4 Å². The smallest absolute Gasteiger partial charge is 0.221 e. The fourth-order valence-corrected chi connectivity index (χ4v) is 3.83. The summed E-state index contributed by atoms with van der Waals surface area (Å²) in [5, 5.41) is 3.01. The molecule has 0 bridgehead atoms. The highest BCUT2D eigenvalue weighted by molar-refractivity contribution is 6.36. The van der Waals surface area contributed by atoms with Gasteiger partial charge in [-0.25, -0.2) is 9.37 Å². The molecule has 2 aromatic carbocycles. The molecule has 9 heteroatoms. The van der Waals surface area contributed by atoms with Crippen LogP contribution in [0.4, 0.5) is 10.2 Å². The van der Waals surface area contributed by atoms with E-state index in [0.717, 1.165) is 16.7 Å². The minimum Gasteiger partial charge on any atom is -0.482 e. The van der Waals surface area contributed by atoms with Crippen molar-refractivity contribution in [3.8, 4) is 16.9 Å². The van der Waals surface area contributed by atoms with Crippen LogP contribution in [0.15, 0.2) is 48.7 Å². The lowest BCUT2D eigenvalue weighted by atomic mass is 10.0. The number of halogens is 3. The number of hydrogen-bond donors (Lipinski definition) is 3. The molecule has 3 aromatic rings. The number of aromatic nitrogens is 1. The Labute approximate surface area is 195 Å². The van der Waals surface area contributed by atoms with Gasteiger partial charge in [0.25, 0.3) is 0 Å². The maximum absolute atomic E-state index is 13.9. The van der Waals surface area contributed by atoms with E-state index in [-0.39, 0.29) is 28.2 Å². The van der Waals surface area contributed by atoms with Crippen LogP contribution in [0.3, 0.4) is 0 Å². The molecule has 32 heavy (non-hydrogen) atoms. The Kier molecular flexibility index (Phi) is 7.90. The van der Waals surface area contributed by atoms with Crippen LogP contribution >= 0.6 is 23.2 Å². The standard InChI is InChI=1S/C23H23Cl2FN4O2/c1-13(21-17(24)5-6-18(26)22(21)25)32-19-10-16(12-30-23(19)28)15-4-2-3-14(9-15)11-29-20(31)7-8-27/h2-6,9-10,12-13H,7-8,11,27H2,1H3,(H2,28,30)(H,29,31). The van der Waals surface area contributed by atoms with Crippen molar-refractivity contribution in [1.82, 2.24) is 10.3 Å². The first-order valence-corrected chi connectivity index (χ1v) is 10.7. The Morgan fingerprint density at radius 1 is 1.22 bits per heavy atom. The Morgan fingerprint density at radius 2 is 2.00 bits per heavy atom. The summed E-state index contributed by atoms with van der Waals surface area (Å²) < 4.78 is 19.9. The van der Waals surface area contributed by atoms with E-state index >= 15 is 0 Å². The third-order valence-electron chi connectivity index (χ3n) is 4.79. The summed E-state index contributed by atoms with van der Waals surface area (Å²) in [7, 11) is 0. The molecular weight excluding hydrogens is 454 g/mol. The van der Waals surface area contributed by atoms with E-state index in [1.54, 1.807) is 19.2 Å². The van der Waals surface area contributed by atoms with E-state index in [2.05, 4.69) is 10.3 Å². The average Bonchev–Trinajstić information content (AvgIpc) is 2.77. The number of benzene rings is 2. The van der Waals surface area contributed by atoms with Crippen molar-refractivity contribution in [3.63, 3.8) is 0 Å². The molecule has 0 fully saturated rings. The number of ether oxygens (including phenoxy) is 1. The molecule has 1 heterocycles. The van der Waals surface area contributed by atoms with Gasteiger partial charge < -0.3 is 21.5 Å². The van der Waals surface area contributed by atoms with E-state index in [0.29, 0.717) is 24.4 Å².